The van der Waals surface area contributed by atoms with Crippen LogP contribution in [0.3, 0.4) is 0 Å². The maximum atomic E-state index is 11.7. The highest BCUT2D eigenvalue weighted by atomic mass is 35.7. The van der Waals surface area contributed by atoms with E-state index >= 15 is 0 Å². The van der Waals surface area contributed by atoms with Crippen molar-refractivity contribution in [1.82, 2.24) is 5.32 Å². The molecule has 5 nitrogen and oxygen atoms in total. The molecule has 0 bridgehead atoms. The summed E-state index contributed by atoms with van der Waals surface area (Å²) >= 11 is 0. The van der Waals surface area contributed by atoms with Gasteiger partial charge in [-0.2, -0.15) is 0 Å². The first-order chi connectivity index (χ1) is 10.4. The molecule has 0 aromatic heterocycles. The van der Waals surface area contributed by atoms with Gasteiger partial charge in [0, 0.05) is 22.9 Å². The molecule has 0 unspecified atom stereocenters. The molecule has 122 valence electrons. The maximum Gasteiger partial charge on any atom is 0.319 e. The van der Waals surface area contributed by atoms with Crippen molar-refractivity contribution in [2.24, 2.45) is 5.92 Å². The summed E-state index contributed by atoms with van der Waals surface area (Å²) in [6, 6.07) is 5.45. The Morgan fingerprint density at radius 3 is 2.41 bits per heavy atom. The summed E-state index contributed by atoms with van der Waals surface area (Å²) in [5.41, 5.74) is 0.525. The third-order valence-corrected chi connectivity index (χ3v) is 5.31. The van der Waals surface area contributed by atoms with Crippen LogP contribution in [0.2, 0.25) is 0 Å². The zero-order valence-corrected chi connectivity index (χ0v) is 13.9. The summed E-state index contributed by atoms with van der Waals surface area (Å²) in [7, 11) is 1.50. The molecule has 1 saturated carbocycles. The molecular weight excluding hydrogens is 324 g/mol. The molecule has 2 N–H and O–H groups in total. The van der Waals surface area contributed by atoms with Gasteiger partial charge in [0.15, 0.2) is 0 Å². The summed E-state index contributed by atoms with van der Waals surface area (Å²) in [5, 5.41) is 5.47. The number of halogens is 1. The quantitative estimate of drug-likeness (QED) is 0.610. The zero-order chi connectivity index (χ0) is 16.0. The topological polar surface area (TPSA) is 75.3 Å². The molecule has 0 atom stereocenters. The fourth-order valence-corrected chi connectivity index (χ4v) is 3.54. The van der Waals surface area contributed by atoms with Gasteiger partial charge in [-0.3, -0.25) is 0 Å². The monoisotopic (exact) mass is 344 g/mol. The number of anilines is 1. The normalized spacial score (nSPS) is 15.7. The van der Waals surface area contributed by atoms with Crippen LogP contribution in [0.25, 0.3) is 0 Å². The molecule has 0 radical (unpaired) electrons. The van der Waals surface area contributed by atoms with Crippen molar-refractivity contribution in [2.45, 2.75) is 43.4 Å². The summed E-state index contributed by atoms with van der Waals surface area (Å²) < 4.78 is 22.2. The van der Waals surface area contributed by atoms with Crippen molar-refractivity contribution in [2.75, 3.05) is 11.9 Å². The van der Waals surface area contributed by atoms with Crippen molar-refractivity contribution in [3.63, 3.8) is 0 Å². The molecule has 0 aliphatic heterocycles. The van der Waals surface area contributed by atoms with E-state index < -0.39 is 9.05 Å². The van der Waals surface area contributed by atoms with Crippen LogP contribution < -0.4 is 10.6 Å². The second kappa shape index (κ2) is 7.83. The molecule has 7 heteroatoms. The molecular formula is C15H21ClN2O3S. The number of rotatable bonds is 6. The average Bonchev–Trinajstić information content (AvgIpc) is 2.96. The highest BCUT2D eigenvalue weighted by molar-refractivity contribution is 8.13. The van der Waals surface area contributed by atoms with Gasteiger partial charge in [0.2, 0.25) is 0 Å². The van der Waals surface area contributed by atoms with Crippen LogP contribution in [-0.2, 0) is 9.05 Å². The van der Waals surface area contributed by atoms with Gasteiger partial charge in [0.1, 0.15) is 0 Å². The molecule has 2 amide bonds. The highest BCUT2D eigenvalue weighted by Crippen LogP contribution is 2.28. The molecule has 1 aliphatic carbocycles. The van der Waals surface area contributed by atoms with E-state index in [1.54, 1.807) is 0 Å². The Morgan fingerprint density at radius 1 is 1.18 bits per heavy atom. The van der Waals surface area contributed by atoms with Crippen LogP contribution in [0.4, 0.5) is 10.5 Å². The number of urea groups is 1. The van der Waals surface area contributed by atoms with Crippen molar-refractivity contribution in [3.05, 3.63) is 24.3 Å². The highest BCUT2D eigenvalue weighted by Gasteiger charge is 2.14. The van der Waals surface area contributed by atoms with E-state index in [0.29, 0.717) is 12.2 Å². The summed E-state index contributed by atoms with van der Waals surface area (Å²) in [6.07, 6.45) is 7.48. The van der Waals surface area contributed by atoms with E-state index in [-0.39, 0.29) is 10.9 Å². The Hall–Kier alpha value is -1.27. The Morgan fingerprint density at radius 2 is 1.82 bits per heavy atom. The van der Waals surface area contributed by atoms with Crippen LogP contribution in [0.1, 0.15) is 38.5 Å². The third kappa shape index (κ3) is 5.50. The van der Waals surface area contributed by atoms with Gasteiger partial charge < -0.3 is 10.6 Å². The molecule has 0 heterocycles. The predicted octanol–water partition coefficient (Wildman–Crippen LogP) is 3.71. The Labute approximate surface area is 135 Å². The summed E-state index contributed by atoms with van der Waals surface area (Å²) in [5.74, 6) is 0.829. The molecule has 1 aliphatic rings. The largest absolute Gasteiger partial charge is 0.338 e. The van der Waals surface area contributed by atoms with Crippen molar-refractivity contribution >= 4 is 31.5 Å². The Kier molecular flexibility index (Phi) is 6.08. The number of benzene rings is 1. The van der Waals surface area contributed by atoms with E-state index in [1.165, 1.54) is 56.4 Å². The predicted molar refractivity (Wildman–Crippen MR) is 87.7 cm³/mol. The average molecular weight is 345 g/mol. The minimum Gasteiger partial charge on any atom is -0.338 e. The van der Waals surface area contributed by atoms with Gasteiger partial charge in [-0.05, 0) is 43.0 Å². The third-order valence-electron chi connectivity index (χ3n) is 3.94. The van der Waals surface area contributed by atoms with E-state index in [0.717, 1.165) is 12.3 Å². The van der Waals surface area contributed by atoms with Crippen LogP contribution >= 0.6 is 10.7 Å². The molecule has 0 saturated heterocycles. The fraction of sp³-hybridized carbons (Fsp3) is 0.533. The van der Waals surface area contributed by atoms with Crippen LogP contribution in [0.15, 0.2) is 29.2 Å². The fourth-order valence-electron chi connectivity index (χ4n) is 2.77. The number of hydrogen-bond acceptors (Lipinski definition) is 3. The van der Waals surface area contributed by atoms with Gasteiger partial charge >= 0.3 is 6.03 Å². The molecule has 22 heavy (non-hydrogen) atoms. The lowest BCUT2D eigenvalue weighted by Gasteiger charge is -2.10. The first-order valence-electron chi connectivity index (χ1n) is 7.55. The van der Waals surface area contributed by atoms with E-state index in [9.17, 15) is 13.2 Å². The molecule has 1 aromatic carbocycles. The van der Waals surface area contributed by atoms with Gasteiger partial charge in [-0.1, -0.05) is 25.7 Å². The molecule has 2 rings (SSSR count). The standard InChI is InChI=1S/C15H21ClN2O3S/c16-22(20,21)14-9-7-13(8-10-14)18-15(19)17-11-3-6-12-4-1-2-5-12/h7-10,12H,1-6,11H2,(H2,17,18,19). The second-order valence-electron chi connectivity index (χ2n) is 5.64. The molecule has 1 fully saturated rings. The Balaban J connectivity index is 1.70. The maximum absolute atomic E-state index is 11.7. The lowest BCUT2D eigenvalue weighted by Crippen LogP contribution is -2.29. The van der Waals surface area contributed by atoms with Crippen LogP contribution in [0.5, 0.6) is 0 Å². The number of hydrogen-bond donors (Lipinski definition) is 2. The van der Waals surface area contributed by atoms with Gasteiger partial charge in [0.25, 0.3) is 9.05 Å². The molecule has 1 aromatic rings. The summed E-state index contributed by atoms with van der Waals surface area (Å²) in [4.78, 5) is 11.7. The zero-order valence-electron chi connectivity index (χ0n) is 12.3. The lowest BCUT2D eigenvalue weighted by molar-refractivity contribution is 0.251. The Bertz CT molecular complexity index is 596. The van der Waals surface area contributed by atoms with Crippen molar-refractivity contribution < 1.29 is 13.2 Å². The van der Waals surface area contributed by atoms with Crippen molar-refractivity contribution in [1.29, 1.82) is 0 Å². The second-order valence-corrected chi connectivity index (χ2v) is 8.20. The summed E-state index contributed by atoms with van der Waals surface area (Å²) in [6.45, 7) is 0.649. The van der Waals surface area contributed by atoms with Gasteiger partial charge in [0.05, 0.1) is 4.90 Å². The smallest absolute Gasteiger partial charge is 0.319 e. The minimum atomic E-state index is -3.73. The van der Waals surface area contributed by atoms with E-state index in [1.807, 2.05) is 0 Å². The lowest BCUT2D eigenvalue weighted by atomic mass is 10.0. The van der Waals surface area contributed by atoms with E-state index in [2.05, 4.69) is 10.6 Å². The minimum absolute atomic E-state index is 0.0108. The number of nitrogens with one attached hydrogen (secondary N) is 2. The molecule has 0 spiro atoms. The SMILES string of the molecule is O=C(NCCCC1CCCC1)Nc1ccc(S(=O)(=O)Cl)cc1. The van der Waals surface area contributed by atoms with Crippen LogP contribution in [-0.4, -0.2) is 21.0 Å². The van der Waals surface area contributed by atoms with Crippen molar-refractivity contribution in [3.8, 4) is 0 Å². The first-order valence-corrected chi connectivity index (χ1v) is 9.85. The first kappa shape index (κ1) is 17.1. The number of amides is 2. The van der Waals surface area contributed by atoms with Gasteiger partial charge in [-0.25, -0.2) is 13.2 Å². The van der Waals surface area contributed by atoms with E-state index in [4.69, 9.17) is 10.7 Å². The van der Waals surface area contributed by atoms with Crippen LogP contribution in [0, 0.1) is 5.92 Å². The van der Waals surface area contributed by atoms with Gasteiger partial charge in [-0.15, -0.1) is 0 Å². The number of carbonyl (C=O) groups excluding carboxylic acids is 1. The number of carbonyl (C=O) groups is 1.